The molecule has 0 aliphatic rings. The van der Waals surface area contributed by atoms with Crippen LogP contribution in [0, 0.1) is 6.92 Å². The van der Waals surface area contributed by atoms with E-state index in [1.807, 2.05) is 19.1 Å². The maximum Gasteiger partial charge on any atom is 0.262 e. The number of ether oxygens (including phenoxy) is 1. The number of sulfonamides is 1. The number of anilines is 1. The van der Waals surface area contributed by atoms with Gasteiger partial charge in [0.1, 0.15) is 5.75 Å². The van der Waals surface area contributed by atoms with Gasteiger partial charge < -0.3 is 10.1 Å². The summed E-state index contributed by atoms with van der Waals surface area (Å²) in [4.78, 5) is 12.2. The molecule has 1 N–H and O–H groups in total. The lowest BCUT2D eigenvalue weighted by Gasteiger charge is -2.18. The van der Waals surface area contributed by atoms with E-state index >= 15 is 0 Å². The Morgan fingerprint density at radius 3 is 2.30 bits per heavy atom. The van der Waals surface area contributed by atoms with Crippen molar-refractivity contribution in [3.63, 3.8) is 0 Å². The van der Waals surface area contributed by atoms with Crippen LogP contribution in [-0.2, 0) is 14.8 Å². The summed E-state index contributed by atoms with van der Waals surface area (Å²) in [5.41, 5.74) is 1.52. The van der Waals surface area contributed by atoms with Crippen molar-refractivity contribution in [2.24, 2.45) is 0 Å². The van der Waals surface area contributed by atoms with Crippen molar-refractivity contribution < 1.29 is 17.9 Å². The molecule has 0 atom stereocenters. The topological polar surface area (TPSA) is 75.7 Å². The molecule has 0 heterocycles. The lowest BCUT2D eigenvalue weighted by molar-refractivity contribution is -0.118. The van der Waals surface area contributed by atoms with E-state index in [1.54, 1.807) is 32.0 Å². The van der Waals surface area contributed by atoms with Gasteiger partial charge in [-0.1, -0.05) is 29.8 Å². The molecule has 2 rings (SSSR count). The van der Waals surface area contributed by atoms with Crippen molar-refractivity contribution in [3.8, 4) is 5.75 Å². The molecule has 0 saturated heterocycles. The van der Waals surface area contributed by atoms with Crippen molar-refractivity contribution >= 4 is 37.5 Å². The van der Waals surface area contributed by atoms with Crippen LogP contribution in [0.1, 0.15) is 19.4 Å². The second-order valence-electron chi connectivity index (χ2n) is 5.86. The number of hydrogen-bond acceptors (Lipinski definition) is 4. The third kappa shape index (κ3) is 5.54. The SMILES string of the molecule is CCN(CC)S(=O)(=O)c1ccc(NC(=O)COc2ccc(Br)c(C)c2)cc1. The summed E-state index contributed by atoms with van der Waals surface area (Å²) >= 11 is 3.41. The lowest BCUT2D eigenvalue weighted by atomic mass is 10.2. The molecule has 0 aliphatic heterocycles. The highest BCUT2D eigenvalue weighted by molar-refractivity contribution is 9.10. The predicted molar refractivity (Wildman–Crippen MR) is 110 cm³/mol. The fourth-order valence-corrected chi connectivity index (χ4v) is 4.18. The molecule has 0 spiro atoms. The van der Waals surface area contributed by atoms with Gasteiger partial charge in [0.25, 0.3) is 5.91 Å². The first kappa shape index (κ1) is 21.4. The highest BCUT2D eigenvalue weighted by Gasteiger charge is 2.21. The second kappa shape index (κ2) is 9.34. The van der Waals surface area contributed by atoms with Crippen LogP contribution in [0.4, 0.5) is 5.69 Å². The Kier molecular flexibility index (Phi) is 7.41. The third-order valence-electron chi connectivity index (χ3n) is 3.98. The zero-order chi connectivity index (χ0) is 20.0. The van der Waals surface area contributed by atoms with Gasteiger partial charge in [0, 0.05) is 23.2 Å². The summed E-state index contributed by atoms with van der Waals surface area (Å²) in [6.45, 7) is 6.20. The average molecular weight is 455 g/mol. The van der Waals surface area contributed by atoms with Crippen molar-refractivity contribution in [2.45, 2.75) is 25.7 Å². The first-order valence-electron chi connectivity index (χ1n) is 8.57. The van der Waals surface area contributed by atoms with Crippen LogP contribution in [-0.4, -0.2) is 38.3 Å². The molecule has 6 nitrogen and oxygen atoms in total. The van der Waals surface area contributed by atoms with Gasteiger partial charge in [0.2, 0.25) is 10.0 Å². The van der Waals surface area contributed by atoms with Crippen molar-refractivity contribution in [1.29, 1.82) is 0 Å². The number of nitrogens with zero attached hydrogens (tertiary/aromatic N) is 1. The highest BCUT2D eigenvalue weighted by atomic mass is 79.9. The zero-order valence-corrected chi connectivity index (χ0v) is 17.9. The van der Waals surface area contributed by atoms with Crippen LogP contribution >= 0.6 is 15.9 Å². The average Bonchev–Trinajstić information content (AvgIpc) is 2.64. The Labute approximate surface area is 168 Å². The van der Waals surface area contributed by atoms with Gasteiger partial charge in [-0.25, -0.2) is 8.42 Å². The quantitative estimate of drug-likeness (QED) is 0.657. The van der Waals surface area contributed by atoms with Crippen LogP contribution in [0.25, 0.3) is 0 Å². The van der Waals surface area contributed by atoms with Crippen molar-refractivity contribution in [1.82, 2.24) is 4.31 Å². The molecule has 1 amide bonds. The molecule has 0 fully saturated rings. The number of carbonyl (C=O) groups excluding carboxylic acids is 1. The monoisotopic (exact) mass is 454 g/mol. The molecular weight excluding hydrogens is 432 g/mol. The number of halogens is 1. The minimum atomic E-state index is -3.51. The lowest BCUT2D eigenvalue weighted by Crippen LogP contribution is -2.30. The number of benzene rings is 2. The highest BCUT2D eigenvalue weighted by Crippen LogP contribution is 2.22. The summed E-state index contributed by atoms with van der Waals surface area (Å²) in [7, 11) is -3.51. The van der Waals surface area contributed by atoms with E-state index < -0.39 is 10.0 Å². The first-order valence-corrected chi connectivity index (χ1v) is 10.8. The zero-order valence-electron chi connectivity index (χ0n) is 15.5. The smallest absolute Gasteiger partial charge is 0.262 e. The van der Waals surface area contributed by atoms with Crippen LogP contribution < -0.4 is 10.1 Å². The summed E-state index contributed by atoms with van der Waals surface area (Å²) in [6, 6.07) is 11.6. The van der Waals surface area contributed by atoms with Gasteiger partial charge in [-0.15, -0.1) is 0 Å². The Hall–Kier alpha value is -1.90. The maximum absolute atomic E-state index is 12.5. The number of carbonyl (C=O) groups is 1. The van der Waals surface area contributed by atoms with Gasteiger partial charge in [0.05, 0.1) is 4.90 Å². The van der Waals surface area contributed by atoms with Gasteiger partial charge >= 0.3 is 0 Å². The Balaban J connectivity index is 1.97. The molecule has 146 valence electrons. The number of aryl methyl sites for hydroxylation is 1. The van der Waals surface area contributed by atoms with E-state index in [0.717, 1.165) is 10.0 Å². The Morgan fingerprint density at radius 2 is 1.74 bits per heavy atom. The number of nitrogens with one attached hydrogen (secondary N) is 1. The van der Waals surface area contributed by atoms with Gasteiger partial charge in [-0.05, 0) is 55.0 Å². The van der Waals surface area contributed by atoms with E-state index in [9.17, 15) is 13.2 Å². The van der Waals surface area contributed by atoms with E-state index in [4.69, 9.17) is 4.74 Å². The van der Waals surface area contributed by atoms with Gasteiger partial charge in [0.15, 0.2) is 6.61 Å². The largest absolute Gasteiger partial charge is 0.484 e. The van der Waals surface area contributed by atoms with E-state index in [2.05, 4.69) is 21.2 Å². The summed E-state index contributed by atoms with van der Waals surface area (Å²) in [5, 5.41) is 2.69. The normalized spacial score (nSPS) is 11.4. The molecule has 0 bridgehead atoms. The second-order valence-corrected chi connectivity index (χ2v) is 8.65. The van der Waals surface area contributed by atoms with E-state index in [-0.39, 0.29) is 17.4 Å². The fourth-order valence-electron chi connectivity index (χ4n) is 2.48. The van der Waals surface area contributed by atoms with Crippen LogP contribution in [0.3, 0.4) is 0 Å². The minimum Gasteiger partial charge on any atom is -0.484 e. The Bertz CT molecular complexity index is 894. The first-order chi connectivity index (χ1) is 12.8. The van der Waals surface area contributed by atoms with Crippen LogP contribution in [0.15, 0.2) is 51.8 Å². The Morgan fingerprint density at radius 1 is 1.11 bits per heavy atom. The van der Waals surface area contributed by atoms with Crippen molar-refractivity contribution in [3.05, 3.63) is 52.5 Å². The molecule has 8 heteroatoms. The number of rotatable bonds is 8. The minimum absolute atomic E-state index is 0.138. The molecule has 0 radical (unpaired) electrons. The van der Waals surface area contributed by atoms with Crippen molar-refractivity contribution in [2.75, 3.05) is 25.0 Å². The molecule has 2 aromatic rings. The molecule has 2 aromatic carbocycles. The maximum atomic E-state index is 12.5. The van der Waals surface area contributed by atoms with Gasteiger partial charge in [-0.3, -0.25) is 4.79 Å². The molecular formula is C19H23BrN2O4S. The number of amides is 1. The molecule has 0 aromatic heterocycles. The fraction of sp³-hybridized carbons (Fsp3) is 0.316. The van der Waals surface area contributed by atoms with E-state index in [1.165, 1.54) is 16.4 Å². The van der Waals surface area contributed by atoms with Crippen LogP contribution in [0.2, 0.25) is 0 Å². The molecule has 27 heavy (non-hydrogen) atoms. The summed E-state index contributed by atoms with van der Waals surface area (Å²) < 4.78 is 32.7. The number of hydrogen-bond donors (Lipinski definition) is 1. The predicted octanol–water partition coefficient (Wildman–Crippen LogP) is 3.81. The molecule has 0 unspecified atom stereocenters. The molecule has 0 saturated carbocycles. The summed E-state index contributed by atoms with van der Waals surface area (Å²) in [5.74, 6) is 0.279. The molecule has 0 aliphatic carbocycles. The standard InChI is InChI=1S/C19H23BrN2O4S/c1-4-22(5-2)27(24,25)17-9-6-15(7-10-17)21-19(23)13-26-16-8-11-18(20)14(3)12-16/h6-12H,4-5,13H2,1-3H3,(H,21,23). The third-order valence-corrected chi connectivity index (χ3v) is 6.93. The van der Waals surface area contributed by atoms with Gasteiger partial charge in [-0.2, -0.15) is 4.31 Å². The summed E-state index contributed by atoms with van der Waals surface area (Å²) in [6.07, 6.45) is 0. The van der Waals surface area contributed by atoms with Crippen LogP contribution in [0.5, 0.6) is 5.75 Å². The van der Waals surface area contributed by atoms with E-state index in [0.29, 0.717) is 24.5 Å².